The Bertz CT molecular complexity index is 602. The molecular formula is C15H22N4O5. The van der Waals surface area contributed by atoms with Crippen molar-refractivity contribution in [2.45, 2.75) is 0 Å². The fraction of sp³-hybridized carbons (Fsp3) is 0.533. The first-order valence-corrected chi connectivity index (χ1v) is 7.68. The van der Waals surface area contributed by atoms with Crippen LogP contribution in [0.2, 0.25) is 0 Å². The third-order valence-electron chi connectivity index (χ3n) is 3.87. The second-order valence-corrected chi connectivity index (χ2v) is 5.33. The number of carbonyl (C=O) groups excluding carboxylic acids is 1. The van der Waals surface area contributed by atoms with Crippen molar-refractivity contribution in [3.63, 3.8) is 0 Å². The maximum atomic E-state index is 12.3. The average Bonchev–Trinajstić information content (AvgIpc) is 2.61. The standard InChI is InChI=1S/C15H22N4O5/c1-23-13-9-11(12(19(21)22)10-14(13)24-2)15(20)17-5-8-18-6-3-16-4-7-18/h9-10,16H,3-8H2,1-2H3,(H,17,20). The Morgan fingerprint density at radius 3 is 2.50 bits per heavy atom. The summed E-state index contributed by atoms with van der Waals surface area (Å²) in [5, 5.41) is 17.2. The molecule has 0 aliphatic carbocycles. The van der Waals surface area contributed by atoms with Gasteiger partial charge in [-0.05, 0) is 0 Å². The molecule has 2 rings (SSSR count). The van der Waals surface area contributed by atoms with Crippen molar-refractivity contribution in [1.82, 2.24) is 15.5 Å². The summed E-state index contributed by atoms with van der Waals surface area (Å²) < 4.78 is 10.2. The minimum Gasteiger partial charge on any atom is -0.493 e. The molecule has 0 radical (unpaired) electrons. The minimum absolute atomic E-state index is 0.0436. The summed E-state index contributed by atoms with van der Waals surface area (Å²) >= 11 is 0. The number of piperazine rings is 1. The van der Waals surface area contributed by atoms with Crippen LogP contribution in [-0.4, -0.2) is 69.2 Å². The number of nitrogens with one attached hydrogen (secondary N) is 2. The lowest BCUT2D eigenvalue weighted by Crippen LogP contribution is -2.46. The number of nitrogens with zero attached hydrogens (tertiary/aromatic N) is 2. The monoisotopic (exact) mass is 338 g/mol. The smallest absolute Gasteiger partial charge is 0.286 e. The molecule has 9 nitrogen and oxygen atoms in total. The maximum absolute atomic E-state index is 12.3. The highest BCUT2D eigenvalue weighted by Crippen LogP contribution is 2.34. The Morgan fingerprint density at radius 2 is 1.92 bits per heavy atom. The summed E-state index contributed by atoms with van der Waals surface area (Å²) in [5.74, 6) is -0.0188. The van der Waals surface area contributed by atoms with Crippen LogP contribution in [0.4, 0.5) is 5.69 Å². The first-order chi connectivity index (χ1) is 11.6. The van der Waals surface area contributed by atoms with Gasteiger partial charge in [-0.3, -0.25) is 19.8 Å². The molecule has 0 bridgehead atoms. The van der Waals surface area contributed by atoms with Gasteiger partial charge in [-0.2, -0.15) is 0 Å². The number of nitro groups is 1. The van der Waals surface area contributed by atoms with Gasteiger partial charge in [0, 0.05) is 45.3 Å². The molecule has 9 heteroatoms. The number of hydrogen-bond acceptors (Lipinski definition) is 7. The van der Waals surface area contributed by atoms with E-state index in [2.05, 4.69) is 15.5 Å². The van der Waals surface area contributed by atoms with Crippen molar-refractivity contribution in [1.29, 1.82) is 0 Å². The third-order valence-corrected chi connectivity index (χ3v) is 3.87. The van der Waals surface area contributed by atoms with E-state index < -0.39 is 10.8 Å². The number of carbonyl (C=O) groups is 1. The van der Waals surface area contributed by atoms with E-state index in [0.717, 1.165) is 26.2 Å². The van der Waals surface area contributed by atoms with Crippen LogP contribution in [0.25, 0.3) is 0 Å². The van der Waals surface area contributed by atoms with Crippen molar-refractivity contribution >= 4 is 11.6 Å². The molecule has 1 amide bonds. The van der Waals surface area contributed by atoms with Crippen molar-refractivity contribution in [3.8, 4) is 11.5 Å². The minimum atomic E-state index is -0.604. The van der Waals surface area contributed by atoms with Crippen molar-refractivity contribution < 1.29 is 19.2 Å². The Labute approximate surface area is 140 Å². The van der Waals surface area contributed by atoms with Crippen LogP contribution in [0.5, 0.6) is 11.5 Å². The lowest BCUT2D eigenvalue weighted by atomic mass is 10.1. The molecule has 0 unspecified atom stereocenters. The number of hydrogen-bond donors (Lipinski definition) is 2. The van der Waals surface area contributed by atoms with Crippen LogP contribution in [0.1, 0.15) is 10.4 Å². The normalized spacial score (nSPS) is 14.9. The second-order valence-electron chi connectivity index (χ2n) is 5.33. The number of nitro benzene ring substituents is 1. The summed E-state index contributed by atoms with van der Waals surface area (Å²) in [6.07, 6.45) is 0. The largest absolute Gasteiger partial charge is 0.493 e. The highest BCUT2D eigenvalue weighted by atomic mass is 16.6. The topological polar surface area (TPSA) is 106 Å². The fourth-order valence-electron chi connectivity index (χ4n) is 2.56. The molecule has 0 saturated carbocycles. The number of ether oxygens (including phenoxy) is 2. The van der Waals surface area contributed by atoms with E-state index in [4.69, 9.17) is 9.47 Å². The molecule has 1 aromatic carbocycles. The molecule has 1 fully saturated rings. The molecule has 0 atom stereocenters. The summed E-state index contributed by atoms with van der Waals surface area (Å²) in [6.45, 7) is 4.82. The van der Waals surface area contributed by atoms with Crippen LogP contribution < -0.4 is 20.1 Å². The Hall–Kier alpha value is -2.39. The predicted octanol–water partition coefficient (Wildman–Crippen LogP) is 0.247. The Kier molecular flexibility index (Phi) is 6.33. The van der Waals surface area contributed by atoms with Crippen LogP contribution in [0.15, 0.2) is 12.1 Å². The molecule has 1 aliphatic rings. The molecule has 2 N–H and O–H groups in total. The number of rotatable bonds is 7. The fourth-order valence-corrected chi connectivity index (χ4v) is 2.56. The van der Waals surface area contributed by atoms with E-state index >= 15 is 0 Å². The van der Waals surface area contributed by atoms with E-state index in [9.17, 15) is 14.9 Å². The van der Waals surface area contributed by atoms with Gasteiger partial charge in [-0.1, -0.05) is 0 Å². The molecule has 0 spiro atoms. The van der Waals surface area contributed by atoms with Crippen molar-refractivity contribution in [2.24, 2.45) is 0 Å². The zero-order valence-electron chi connectivity index (χ0n) is 13.8. The molecule has 24 heavy (non-hydrogen) atoms. The summed E-state index contributed by atoms with van der Waals surface area (Å²) in [4.78, 5) is 25.2. The van der Waals surface area contributed by atoms with Crippen LogP contribution in [0, 0.1) is 10.1 Å². The van der Waals surface area contributed by atoms with E-state index in [-0.39, 0.29) is 22.7 Å². The maximum Gasteiger partial charge on any atom is 0.286 e. The molecule has 0 aromatic heterocycles. The lowest BCUT2D eigenvalue weighted by Gasteiger charge is -2.27. The van der Waals surface area contributed by atoms with E-state index in [1.807, 2.05) is 0 Å². The molecule has 1 saturated heterocycles. The van der Waals surface area contributed by atoms with E-state index in [1.165, 1.54) is 26.4 Å². The van der Waals surface area contributed by atoms with Gasteiger partial charge < -0.3 is 20.1 Å². The van der Waals surface area contributed by atoms with Gasteiger partial charge in [0.15, 0.2) is 11.5 Å². The third kappa shape index (κ3) is 4.33. The molecule has 1 heterocycles. The van der Waals surface area contributed by atoms with Crippen LogP contribution in [-0.2, 0) is 0 Å². The van der Waals surface area contributed by atoms with Gasteiger partial charge in [-0.25, -0.2) is 0 Å². The molecule has 132 valence electrons. The number of benzene rings is 1. The van der Waals surface area contributed by atoms with Gasteiger partial charge >= 0.3 is 0 Å². The Morgan fingerprint density at radius 1 is 1.29 bits per heavy atom. The number of methoxy groups -OCH3 is 2. The van der Waals surface area contributed by atoms with E-state index in [1.54, 1.807) is 0 Å². The molecule has 1 aromatic rings. The Balaban J connectivity index is 2.07. The average molecular weight is 338 g/mol. The van der Waals surface area contributed by atoms with Gasteiger partial charge in [0.2, 0.25) is 0 Å². The van der Waals surface area contributed by atoms with E-state index in [0.29, 0.717) is 13.1 Å². The van der Waals surface area contributed by atoms with Gasteiger partial charge in [0.05, 0.1) is 25.2 Å². The molecular weight excluding hydrogens is 316 g/mol. The van der Waals surface area contributed by atoms with Crippen molar-refractivity contribution in [3.05, 3.63) is 27.8 Å². The highest BCUT2D eigenvalue weighted by molar-refractivity contribution is 5.99. The molecule has 1 aliphatic heterocycles. The summed E-state index contributed by atoms with van der Waals surface area (Å²) in [5.41, 5.74) is -0.356. The first-order valence-electron chi connectivity index (χ1n) is 7.68. The summed E-state index contributed by atoms with van der Waals surface area (Å²) in [6, 6.07) is 2.53. The van der Waals surface area contributed by atoms with Gasteiger partial charge in [0.1, 0.15) is 5.56 Å². The number of amides is 1. The van der Waals surface area contributed by atoms with Crippen LogP contribution >= 0.6 is 0 Å². The zero-order chi connectivity index (χ0) is 17.5. The first kappa shape index (κ1) is 18.0. The SMILES string of the molecule is COc1cc(C(=O)NCCN2CCNCC2)c([N+](=O)[O-])cc1OC. The van der Waals surface area contributed by atoms with Gasteiger partial charge in [-0.15, -0.1) is 0 Å². The van der Waals surface area contributed by atoms with Gasteiger partial charge in [0.25, 0.3) is 11.6 Å². The van der Waals surface area contributed by atoms with Crippen molar-refractivity contribution in [2.75, 3.05) is 53.5 Å². The second kappa shape index (κ2) is 8.46. The lowest BCUT2D eigenvalue weighted by molar-refractivity contribution is -0.385. The summed E-state index contributed by atoms with van der Waals surface area (Å²) in [7, 11) is 2.80. The quantitative estimate of drug-likeness (QED) is 0.542. The van der Waals surface area contributed by atoms with Crippen LogP contribution in [0.3, 0.4) is 0 Å². The zero-order valence-corrected chi connectivity index (χ0v) is 13.8. The predicted molar refractivity (Wildman–Crippen MR) is 87.8 cm³/mol. The highest BCUT2D eigenvalue weighted by Gasteiger charge is 2.24.